The molecule has 0 unspecified atom stereocenters. The molecular formula is C39H37N3O7S2. The van der Waals surface area contributed by atoms with Crippen LogP contribution in [0.2, 0.25) is 0 Å². The van der Waals surface area contributed by atoms with Crippen molar-refractivity contribution in [1.29, 1.82) is 0 Å². The number of fused-ring (bicyclic) bond motifs is 2. The number of rotatable bonds is 13. The van der Waals surface area contributed by atoms with Crippen LogP contribution in [0, 0.1) is 0 Å². The van der Waals surface area contributed by atoms with E-state index in [1.54, 1.807) is 36.4 Å². The molecule has 1 aromatic heterocycles. The van der Waals surface area contributed by atoms with Crippen molar-refractivity contribution in [3.05, 3.63) is 101 Å². The first-order valence-corrected chi connectivity index (χ1v) is 18.8. The Hall–Kier alpha value is -5.07. The monoisotopic (exact) mass is 723 g/mol. The summed E-state index contributed by atoms with van der Waals surface area (Å²) in [5.74, 6) is 0.641. The van der Waals surface area contributed by atoms with Gasteiger partial charge in [-0.3, -0.25) is 14.5 Å². The number of unbranched alkanes of at least 4 members (excludes halogenated alkanes) is 2. The van der Waals surface area contributed by atoms with Crippen molar-refractivity contribution in [2.45, 2.75) is 49.2 Å². The Morgan fingerprint density at radius 2 is 1.75 bits per heavy atom. The SMILES string of the molecule is CCCCCOc1ccc([C@H]2/C(=C(\O)c3ccc4c(c3)OCCO4)C(=O)C(=O)N2c2nnc(SCc3cccc4ccccc34)s2)cc1OCC. The number of thioether (sulfide) groups is 1. The van der Waals surface area contributed by atoms with Gasteiger partial charge >= 0.3 is 5.91 Å². The lowest BCUT2D eigenvalue weighted by Gasteiger charge is -2.24. The predicted octanol–water partition coefficient (Wildman–Crippen LogP) is 8.35. The van der Waals surface area contributed by atoms with Gasteiger partial charge in [0, 0.05) is 11.3 Å². The fourth-order valence-electron chi connectivity index (χ4n) is 6.22. The quantitative estimate of drug-likeness (QED) is 0.0317. The number of Topliss-reactive ketones (excluding diaryl/α,β-unsaturated/α-hetero) is 1. The Balaban J connectivity index is 1.27. The van der Waals surface area contributed by atoms with Gasteiger partial charge in [-0.25, -0.2) is 0 Å². The smallest absolute Gasteiger partial charge is 0.301 e. The van der Waals surface area contributed by atoms with E-state index in [2.05, 4.69) is 41.4 Å². The van der Waals surface area contributed by atoms with Crippen LogP contribution in [-0.4, -0.2) is 53.4 Å². The van der Waals surface area contributed by atoms with Gasteiger partial charge in [-0.1, -0.05) is 91.4 Å². The van der Waals surface area contributed by atoms with Crippen molar-refractivity contribution in [3.63, 3.8) is 0 Å². The molecule has 12 heteroatoms. The molecule has 1 atom stereocenters. The minimum atomic E-state index is -1.03. The third kappa shape index (κ3) is 7.11. The van der Waals surface area contributed by atoms with Crippen LogP contribution in [0.25, 0.3) is 16.5 Å². The zero-order valence-electron chi connectivity index (χ0n) is 28.3. The third-order valence-electron chi connectivity index (χ3n) is 8.68. The van der Waals surface area contributed by atoms with E-state index in [4.69, 9.17) is 18.9 Å². The number of carbonyl (C=O) groups excluding carboxylic acids is 2. The first-order chi connectivity index (χ1) is 25.0. The van der Waals surface area contributed by atoms with Gasteiger partial charge in [-0.2, -0.15) is 0 Å². The molecule has 7 rings (SSSR count). The Labute approximate surface area is 304 Å². The van der Waals surface area contributed by atoms with Crippen LogP contribution in [0.1, 0.15) is 55.8 Å². The van der Waals surface area contributed by atoms with E-state index >= 15 is 0 Å². The second-order valence-corrected chi connectivity index (χ2v) is 14.2. The molecule has 1 fully saturated rings. The molecule has 0 saturated carbocycles. The van der Waals surface area contributed by atoms with Gasteiger partial charge in [0.2, 0.25) is 5.13 Å². The first-order valence-electron chi connectivity index (χ1n) is 17.0. The largest absolute Gasteiger partial charge is 0.507 e. The lowest BCUT2D eigenvalue weighted by molar-refractivity contribution is -0.132. The fraction of sp³-hybridized carbons (Fsp3) is 0.282. The summed E-state index contributed by atoms with van der Waals surface area (Å²) in [5.41, 5.74) is 1.91. The number of benzene rings is 4. The van der Waals surface area contributed by atoms with Crippen molar-refractivity contribution >= 4 is 56.5 Å². The standard InChI is InChI=1S/C39H37N3O7S2/c1-3-5-8-18-47-29-16-14-25(21-31(29)46-4-2)34-33(35(43)26-15-17-30-32(22-26)49-20-19-48-30)36(44)37(45)42(34)38-40-41-39(51-38)50-23-27-12-9-11-24-10-6-7-13-28(24)27/h6-7,9-17,21-22,34,43H,3-5,8,18-20,23H2,1-2H3/b35-33+/t34-/m0/s1. The maximum Gasteiger partial charge on any atom is 0.301 e. The molecule has 10 nitrogen and oxygen atoms in total. The Kier molecular flexibility index (Phi) is 10.4. The molecule has 1 N–H and O–H groups in total. The maximum absolute atomic E-state index is 13.9. The van der Waals surface area contributed by atoms with Crippen LogP contribution in [0.3, 0.4) is 0 Å². The molecule has 3 heterocycles. The summed E-state index contributed by atoms with van der Waals surface area (Å²) in [7, 11) is 0. The highest BCUT2D eigenvalue weighted by molar-refractivity contribution is 8.00. The van der Waals surface area contributed by atoms with Gasteiger partial charge in [0.25, 0.3) is 5.78 Å². The van der Waals surface area contributed by atoms with E-state index in [0.29, 0.717) is 70.6 Å². The Morgan fingerprint density at radius 1 is 0.922 bits per heavy atom. The molecule has 4 aromatic carbocycles. The van der Waals surface area contributed by atoms with Gasteiger partial charge < -0.3 is 24.1 Å². The summed E-state index contributed by atoms with van der Waals surface area (Å²) in [6.45, 7) is 5.67. The average Bonchev–Trinajstić information content (AvgIpc) is 3.73. The molecule has 0 radical (unpaired) electrons. The van der Waals surface area contributed by atoms with Crippen molar-refractivity contribution < 1.29 is 33.6 Å². The number of carbonyl (C=O) groups is 2. The Bertz CT molecular complexity index is 2110. The zero-order chi connectivity index (χ0) is 35.3. The molecule has 5 aromatic rings. The van der Waals surface area contributed by atoms with E-state index in [9.17, 15) is 14.7 Å². The van der Waals surface area contributed by atoms with Crippen LogP contribution < -0.4 is 23.8 Å². The van der Waals surface area contributed by atoms with Crippen molar-refractivity contribution in [1.82, 2.24) is 10.2 Å². The van der Waals surface area contributed by atoms with E-state index < -0.39 is 17.7 Å². The third-order valence-corrected chi connectivity index (χ3v) is 10.8. The molecule has 2 aliphatic heterocycles. The number of aliphatic hydroxyl groups is 1. The van der Waals surface area contributed by atoms with Crippen LogP contribution in [0.4, 0.5) is 5.13 Å². The van der Waals surface area contributed by atoms with Gasteiger partial charge in [0.05, 0.1) is 24.8 Å². The van der Waals surface area contributed by atoms with Crippen molar-refractivity contribution in [2.24, 2.45) is 0 Å². The molecule has 262 valence electrons. The lowest BCUT2D eigenvalue weighted by atomic mass is 9.95. The second-order valence-electron chi connectivity index (χ2n) is 12.0. The van der Waals surface area contributed by atoms with E-state index in [-0.39, 0.29) is 16.5 Å². The average molecular weight is 724 g/mol. The molecule has 1 amide bonds. The summed E-state index contributed by atoms with van der Waals surface area (Å²) in [6, 6.07) is 23.6. The minimum Gasteiger partial charge on any atom is -0.507 e. The number of hydrogen-bond donors (Lipinski definition) is 1. The van der Waals surface area contributed by atoms with Crippen LogP contribution in [0.15, 0.2) is 88.8 Å². The van der Waals surface area contributed by atoms with E-state index in [1.165, 1.54) is 28.0 Å². The number of ether oxygens (including phenoxy) is 4. The van der Waals surface area contributed by atoms with Gasteiger partial charge in [0.1, 0.15) is 19.0 Å². The first kappa shape index (κ1) is 34.4. The second kappa shape index (κ2) is 15.4. The van der Waals surface area contributed by atoms with Gasteiger partial charge in [-0.15, -0.1) is 10.2 Å². The number of nitrogens with zero attached hydrogens (tertiary/aromatic N) is 3. The number of amides is 1. The molecule has 0 spiro atoms. The zero-order valence-corrected chi connectivity index (χ0v) is 29.9. The fourth-order valence-corrected chi connectivity index (χ4v) is 8.10. The van der Waals surface area contributed by atoms with Crippen LogP contribution in [-0.2, 0) is 15.3 Å². The molecule has 0 aliphatic carbocycles. The van der Waals surface area contributed by atoms with E-state index in [0.717, 1.165) is 35.6 Å². The number of anilines is 1. The molecule has 2 aliphatic rings. The summed E-state index contributed by atoms with van der Waals surface area (Å²) in [4.78, 5) is 29.2. The van der Waals surface area contributed by atoms with Crippen LogP contribution in [0.5, 0.6) is 23.0 Å². The highest BCUT2D eigenvalue weighted by atomic mass is 32.2. The molecule has 51 heavy (non-hydrogen) atoms. The minimum absolute atomic E-state index is 0.0871. The summed E-state index contributed by atoms with van der Waals surface area (Å²) in [5, 5.41) is 23.1. The summed E-state index contributed by atoms with van der Waals surface area (Å²) in [6.07, 6.45) is 3.01. The number of ketones is 1. The molecule has 0 bridgehead atoms. The molecular weight excluding hydrogens is 687 g/mol. The van der Waals surface area contributed by atoms with Crippen molar-refractivity contribution in [2.75, 3.05) is 31.3 Å². The van der Waals surface area contributed by atoms with Crippen LogP contribution >= 0.6 is 23.1 Å². The number of hydrogen-bond acceptors (Lipinski definition) is 11. The lowest BCUT2D eigenvalue weighted by Crippen LogP contribution is -2.29. The summed E-state index contributed by atoms with van der Waals surface area (Å²) < 4.78 is 24.1. The Morgan fingerprint density at radius 3 is 2.59 bits per heavy atom. The number of aliphatic hydroxyl groups excluding tert-OH is 1. The highest BCUT2D eigenvalue weighted by Gasteiger charge is 2.48. The maximum atomic E-state index is 13.9. The molecule has 1 saturated heterocycles. The van der Waals surface area contributed by atoms with Gasteiger partial charge in [0.15, 0.2) is 27.3 Å². The van der Waals surface area contributed by atoms with Gasteiger partial charge in [-0.05, 0) is 65.6 Å². The number of aromatic nitrogens is 2. The van der Waals surface area contributed by atoms with Crippen molar-refractivity contribution in [3.8, 4) is 23.0 Å². The summed E-state index contributed by atoms with van der Waals surface area (Å²) >= 11 is 2.72. The highest BCUT2D eigenvalue weighted by Crippen LogP contribution is 2.46. The normalized spacial score (nSPS) is 16.5. The topological polar surface area (TPSA) is 120 Å². The van der Waals surface area contributed by atoms with E-state index in [1.807, 2.05) is 25.1 Å². The predicted molar refractivity (Wildman–Crippen MR) is 198 cm³/mol.